The van der Waals surface area contributed by atoms with Gasteiger partial charge in [0.25, 0.3) is 5.89 Å². The third-order valence-electron chi connectivity index (χ3n) is 3.34. The van der Waals surface area contributed by atoms with Crippen LogP contribution >= 0.6 is 0 Å². The number of hydrogen-bond donors (Lipinski definition) is 1. The number of aliphatic carboxylic acids is 1. The van der Waals surface area contributed by atoms with E-state index in [1.165, 1.54) is 0 Å². The highest BCUT2D eigenvalue weighted by atomic mass is 16.4. The number of nitrogens with zero attached hydrogens (tertiary/aromatic N) is 2. The van der Waals surface area contributed by atoms with E-state index < -0.39 is 5.97 Å². The molecule has 1 aromatic heterocycles. The minimum absolute atomic E-state index is 0.0961. The minimum atomic E-state index is -0.787. The van der Waals surface area contributed by atoms with Crippen LogP contribution < -0.4 is 0 Å². The third-order valence-corrected chi connectivity index (χ3v) is 3.34. The van der Waals surface area contributed by atoms with Crippen LogP contribution in [0.1, 0.15) is 35.0 Å². The number of carbonyl (C=O) groups is 2. The monoisotopic (exact) mass is 252 g/mol. The number of aryl methyl sites for hydroxylation is 2. The van der Waals surface area contributed by atoms with Crippen molar-refractivity contribution in [3.8, 4) is 0 Å². The van der Waals surface area contributed by atoms with Crippen molar-refractivity contribution in [1.29, 1.82) is 0 Å². The molecule has 0 radical (unpaired) electrons. The molecule has 2 heterocycles. The second-order valence-corrected chi connectivity index (χ2v) is 4.57. The van der Waals surface area contributed by atoms with Gasteiger partial charge in [-0.2, -0.15) is 0 Å². The zero-order chi connectivity index (χ0) is 13.3. The first kappa shape index (κ1) is 12.6. The van der Waals surface area contributed by atoms with Gasteiger partial charge in [0, 0.05) is 13.1 Å². The molecule has 1 N–H and O–H groups in total. The van der Waals surface area contributed by atoms with Crippen LogP contribution in [0.5, 0.6) is 0 Å². The van der Waals surface area contributed by atoms with Gasteiger partial charge in [0.15, 0.2) is 0 Å². The molecule has 1 saturated heterocycles. The van der Waals surface area contributed by atoms with Crippen LogP contribution in [0.15, 0.2) is 4.42 Å². The number of rotatable bonds is 2. The number of oxazole rings is 1. The molecule has 1 aliphatic rings. The molecule has 98 valence electrons. The summed E-state index contributed by atoms with van der Waals surface area (Å²) in [6.45, 7) is 4.43. The summed E-state index contributed by atoms with van der Waals surface area (Å²) in [5, 5.41) is 8.89. The molecule has 0 saturated carbocycles. The Morgan fingerprint density at radius 3 is 2.39 bits per heavy atom. The molecule has 0 aliphatic carbocycles. The average molecular weight is 252 g/mol. The van der Waals surface area contributed by atoms with Crippen molar-refractivity contribution in [3.05, 3.63) is 17.3 Å². The lowest BCUT2D eigenvalue weighted by Crippen LogP contribution is -2.40. The van der Waals surface area contributed by atoms with E-state index in [0.717, 1.165) is 0 Å². The molecule has 6 nitrogen and oxygen atoms in total. The predicted octanol–water partition coefficient (Wildman–Crippen LogP) is 1.23. The molecule has 1 amide bonds. The highest BCUT2D eigenvalue weighted by Gasteiger charge is 2.29. The maximum absolute atomic E-state index is 12.1. The summed E-state index contributed by atoms with van der Waals surface area (Å²) < 4.78 is 5.28. The number of carbonyl (C=O) groups excluding carboxylic acids is 1. The van der Waals surface area contributed by atoms with Crippen molar-refractivity contribution in [1.82, 2.24) is 9.88 Å². The van der Waals surface area contributed by atoms with Gasteiger partial charge in [-0.05, 0) is 26.7 Å². The molecule has 1 aliphatic heterocycles. The molecule has 2 rings (SSSR count). The van der Waals surface area contributed by atoms with Crippen molar-refractivity contribution in [2.24, 2.45) is 5.92 Å². The van der Waals surface area contributed by atoms with Crippen LogP contribution in [0.2, 0.25) is 0 Å². The van der Waals surface area contributed by atoms with Crippen LogP contribution in [0.25, 0.3) is 0 Å². The second kappa shape index (κ2) is 4.80. The molecular weight excluding hydrogens is 236 g/mol. The lowest BCUT2D eigenvalue weighted by atomic mass is 9.97. The van der Waals surface area contributed by atoms with Crippen LogP contribution in [0, 0.1) is 19.8 Å². The zero-order valence-corrected chi connectivity index (χ0v) is 10.5. The SMILES string of the molecule is Cc1nc(C(=O)N2CCC(C(=O)O)CC2)oc1C. The van der Waals surface area contributed by atoms with E-state index in [-0.39, 0.29) is 17.7 Å². The topological polar surface area (TPSA) is 83.6 Å². The van der Waals surface area contributed by atoms with Crippen molar-refractivity contribution in [2.45, 2.75) is 26.7 Å². The van der Waals surface area contributed by atoms with E-state index in [4.69, 9.17) is 9.52 Å². The van der Waals surface area contributed by atoms with Crippen molar-refractivity contribution >= 4 is 11.9 Å². The van der Waals surface area contributed by atoms with Crippen LogP contribution in [-0.2, 0) is 4.79 Å². The second-order valence-electron chi connectivity index (χ2n) is 4.57. The van der Waals surface area contributed by atoms with Crippen molar-refractivity contribution < 1.29 is 19.1 Å². The molecule has 6 heteroatoms. The number of aromatic nitrogens is 1. The standard InChI is InChI=1S/C12H16N2O4/c1-7-8(2)18-10(13-7)11(15)14-5-3-9(4-6-14)12(16)17/h9H,3-6H2,1-2H3,(H,16,17). The first-order valence-corrected chi connectivity index (χ1v) is 5.95. The molecule has 0 aromatic carbocycles. The highest BCUT2D eigenvalue weighted by Crippen LogP contribution is 2.19. The Bertz CT molecular complexity index is 453. The summed E-state index contributed by atoms with van der Waals surface area (Å²) in [4.78, 5) is 28.5. The summed E-state index contributed by atoms with van der Waals surface area (Å²) in [5.41, 5.74) is 0.707. The first-order chi connectivity index (χ1) is 8.49. The smallest absolute Gasteiger partial charge is 0.309 e. The normalized spacial score (nSPS) is 16.9. The zero-order valence-electron chi connectivity index (χ0n) is 10.5. The van der Waals surface area contributed by atoms with Gasteiger partial charge >= 0.3 is 11.9 Å². The summed E-state index contributed by atoms with van der Waals surface area (Å²) in [5.74, 6) is -0.653. The lowest BCUT2D eigenvalue weighted by Gasteiger charge is -2.28. The Morgan fingerprint density at radius 2 is 1.94 bits per heavy atom. The Morgan fingerprint density at radius 1 is 1.33 bits per heavy atom. The van der Waals surface area contributed by atoms with E-state index in [0.29, 0.717) is 37.4 Å². The van der Waals surface area contributed by atoms with E-state index in [2.05, 4.69) is 4.98 Å². The van der Waals surface area contributed by atoms with Gasteiger partial charge in [-0.15, -0.1) is 0 Å². The molecule has 0 atom stereocenters. The number of hydrogen-bond acceptors (Lipinski definition) is 4. The molecule has 1 aromatic rings. The van der Waals surface area contributed by atoms with Gasteiger partial charge in [0.05, 0.1) is 11.6 Å². The first-order valence-electron chi connectivity index (χ1n) is 5.95. The molecule has 18 heavy (non-hydrogen) atoms. The van der Waals surface area contributed by atoms with Crippen LogP contribution in [-0.4, -0.2) is 40.0 Å². The molecule has 1 fully saturated rings. The fourth-order valence-corrected chi connectivity index (χ4v) is 2.03. The Balaban J connectivity index is 2.01. The van der Waals surface area contributed by atoms with Gasteiger partial charge in [-0.1, -0.05) is 0 Å². The van der Waals surface area contributed by atoms with Crippen molar-refractivity contribution in [2.75, 3.05) is 13.1 Å². The van der Waals surface area contributed by atoms with Crippen LogP contribution in [0.4, 0.5) is 0 Å². The summed E-state index contributed by atoms with van der Waals surface area (Å²) >= 11 is 0. The average Bonchev–Trinajstić information content (AvgIpc) is 2.69. The fraction of sp³-hybridized carbons (Fsp3) is 0.583. The molecular formula is C12H16N2O4. The lowest BCUT2D eigenvalue weighted by molar-refractivity contribution is -0.143. The molecule has 0 unspecified atom stereocenters. The number of carboxylic acid groups (broad SMARTS) is 1. The number of piperidine rings is 1. The molecule has 0 spiro atoms. The maximum Gasteiger partial charge on any atom is 0.309 e. The minimum Gasteiger partial charge on any atom is -0.481 e. The summed E-state index contributed by atoms with van der Waals surface area (Å²) in [7, 11) is 0. The highest BCUT2D eigenvalue weighted by molar-refractivity contribution is 5.90. The van der Waals surface area contributed by atoms with Crippen LogP contribution in [0.3, 0.4) is 0 Å². The third kappa shape index (κ3) is 2.37. The number of carboxylic acids is 1. The quantitative estimate of drug-likeness (QED) is 0.855. The number of likely N-dealkylation sites (tertiary alicyclic amines) is 1. The van der Waals surface area contributed by atoms with Gasteiger partial charge in [0.2, 0.25) is 0 Å². The van der Waals surface area contributed by atoms with Gasteiger partial charge in [-0.25, -0.2) is 4.98 Å². The summed E-state index contributed by atoms with van der Waals surface area (Å²) in [6, 6.07) is 0. The Kier molecular flexibility index (Phi) is 3.36. The fourth-order valence-electron chi connectivity index (χ4n) is 2.03. The maximum atomic E-state index is 12.1. The van der Waals surface area contributed by atoms with Gasteiger partial charge in [0.1, 0.15) is 5.76 Å². The summed E-state index contributed by atoms with van der Waals surface area (Å²) in [6.07, 6.45) is 0.972. The van der Waals surface area contributed by atoms with E-state index >= 15 is 0 Å². The van der Waals surface area contributed by atoms with E-state index in [9.17, 15) is 9.59 Å². The Hall–Kier alpha value is -1.85. The van der Waals surface area contributed by atoms with E-state index in [1.807, 2.05) is 0 Å². The van der Waals surface area contributed by atoms with E-state index in [1.54, 1.807) is 18.7 Å². The molecule has 0 bridgehead atoms. The predicted molar refractivity (Wildman–Crippen MR) is 62.2 cm³/mol. The largest absolute Gasteiger partial charge is 0.481 e. The van der Waals surface area contributed by atoms with Gasteiger partial charge < -0.3 is 14.4 Å². The van der Waals surface area contributed by atoms with Gasteiger partial charge in [-0.3, -0.25) is 9.59 Å². The van der Waals surface area contributed by atoms with Crippen molar-refractivity contribution in [3.63, 3.8) is 0 Å². The number of amides is 1. The Labute approximate surface area is 105 Å².